The third-order valence-corrected chi connectivity index (χ3v) is 3.52. The molecule has 0 amide bonds. The molecule has 0 aliphatic carbocycles. The molecular formula is C16H15F3N2O. The lowest BCUT2D eigenvalue weighted by Crippen LogP contribution is -2.06. The van der Waals surface area contributed by atoms with Gasteiger partial charge in [0.15, 0.2) is 0 Å². The lowest BCUT2D eigenvalue weighted by atomic mass is 10.2. The van der Waals surface area contributed by atoms with E-state index in [0.717, 1.165) is 23.7 Å². The smallest absolute Gasteiger partial charge is 0.416 e. The van der Waals surface area contributed by atoms with E-state index in [2.05, 4.69) is 4.98 Å². The van der Waals surface area contributed by atoms with Crippen LogP contribution in [-0.2, 0) is 12.7 Å². The molecule has 3 nitrogen and oxygen atoms in total. The summed E-state index contributed by atoms with van der Waals surface area (Å²) in [5.41, 5.74) is 0.344. The van der Waals surface area contributed by atoms with Gasteiger partial charge < -0.3 is 8.98 Å². The van der Waals surface area contributed by atoms with Crippen LogP contribution in [0.1, 0.15) is 36.9 Å². The normalized spacial score (nSPS) is 12.5. The van der Waals surface area contributed by atoms with Gasteiger partial charge in [0, 0.05) is 5.92 Å². The summed E-state index contributed by atoms with van der Waals surface area (Å²) in [4.78, 5) is 4.39. The molecule has 0 saturated heterocycles. The maximum Gasteiger partial charge on any atom is 0.416 e. The van der Waals surface area contributed by atoms with Crippen molar-refractivity contribution in [2.24, 2.45) is 0 Å². The van der Waals surface area contributed by atoms with E-state index in [-0.39, 0.29) is 5.92 Å². The van der Waals surface area contributed by atoms with Crippen molar-refractivity contribution in [3.8, 4) is 0 Å². The van der Waals surface area contributed by atoms with E-state index in [4.69, 9.17) is 4.42 Å². The fourth-order valence-corrected chi connectivity index (χ4v) is 2.49. The molecule has 0 unspecified atom stereocenters. The summed E-state index contributed by atoms with van der Waals surface area (Å²) in [7, 11) is 0. The molecule has 3 rings (SSSR count). The monoisotopic (exact) mass is 308 g/mol. The van der Waals surface area contributed by atoms with E-state index in [9.17, 15) is 13.2 Å². The van der Waals surface area contributed by atoms with Gasteiger partial charge in [0.25, 0.3) is 0 Å². The van der Waals surface area contributed by atoms with Crippen LogP contribution in [0.4, 0.5) is 13.2 Å². The largest absolute Gasteiger partial charge is 0.467 e. The zero-order valence-electron chi connectivity index (χ0n) is 12.2. The summed E-state index contributed by atoms with van der Waals surface area (Å²) in [5, 5.41) is 0. The second-order valence-electron chi connectivity index (χ2n) is 5.49. The molecule has 22 heavy (non-hydrogen) atoms. The molecule has 1 aromatic carbocycles. The van der Waals surface area contributed by atoms with Crippen LogP contribution in [0.25, 0.3) is 11.0 Å². The van der Waals surface area contributed by atoms with Crippen LogP contribution >= 0.6 is 0 Å². The Bertz CT molecular complexity index is 786. The zero-order chi connectivity index (χ0) is 15.9. The number of aromatic nitrogens is 2. The Hall–Kier alpha value is -2.24. The fourth-order valence-electron chi connectivity index (χ4n) is 2.49. The molecule has 116 valence electrons. The molecule has 2 heterocycles. The number of nitrogens with zero attached hydrogens (tertiary/aromatic N) is 2. The number of fused-ring (bicyclic) bond motifs is 1. The first kappa shape index (κ1) is 14.7. The number of rotatable bonds is 3. The number of halogens is 3. The summed E-state index contributed by atoms with van der Waals surface area (Å²) in [5.74, 6) is 1.57. The van der Waals surface area contributed by atoms with Gasteiger partial charge in [0.2, 0.25) is 0 Å². The second kappa shape index (κ2) is 5.19. The first-order valence-electron chi connectivity index (χ1n) is 6.96. The van der Waals surface area contributed by atoms with Gasteiger partial charge in [-0.3, -0.25) is 0 Å². The van der Waals surface area contributed by atoms with Crippen LogP contribution in [0.2, 0.25) is 0 Å². The number of alkyl halides is 3. The SMILES string of the molecule is CC(C)c1nc2cc(C(F)(F)F)ccc2n1Cc1ccco1. The van der Waals surface area contributed by atoms with Gasteiger partial charge in [-0.1, -0.05) is 13.8 Å². The fraction of sp³-hybridized carbons (Fsp3) is 0.312. The number of hydrogen-bond donors (Lipinski definition) is 0. The highest BCUT2D eigenvalue weighted by Crippen LogP contribution is 2.32. The van der Waals surface area contributed by atoms with Gasteiger partial charge in [0.05, 0.1) is 29.4 Å². The lowest BCUT2D eigenvalue weighted by molar-refractivity contribution is -0.137. The maximum atomic E-state index is 12.8. The number of benzene rings is 1. The highest BCUT2D eigenvalue weighted by molar-refractivity contribution is 5.77. The van der Waals surface area contributed by atoms with E-state index in [1.54, 1.807) is 12.3 Å². The predicted octanol–water partition coefficient (Wildman–Crippen LogP) is 4.82. The van der Waals surface area contributed by atoms with Gasteiger partial charge in [-0.25, -0.2) is 4.98 Å². The Morgan fingerprint density at radius 2 is 2.00 bits per heavy atom. The quantitative estimate of drug-likeness (QED) is 0.694. The Morgan fingerprint density at radius 3 is 2.59 bits per heavy atom. The lowest BCUT2D eigenvalue weighted by Gasteiger charge is -2.10. The third kappa shape index (κ3) is 2.61. The highest BCUT2D eigenvalue weighted by atomic mass is 19.4. The van der Waals surface area contributed by atoms with E-state index >= 15 is 0 Å². The minimum atomic E-state index is -4.36. The minimum absolute atomic E-state index is 0.0942. The Labute approximate surface area is 125 Å². The van der Waals surface area contributed by atoms with Gasteiger partial charge in [0.1, 0.15) is 11.6 Å². The van der Waals surface area contributed by atoms with Crippen molar-refractivity contribution in [2.45, 2.75) is 32.5 Å². The topological polar surface area (TPSA) is 31.0 Å². The molecule has 0 aliphatic rings. The molecule has 0 saturated carbocycles. The molecule has 0 fully saturated rings. The van der Waals surface area contributed by atoms with Gasteiger partial charge in [-0.2, -0.15) is 13.2 Å². The van der Waals surface area contributed by atoms with Gasteiger partial charge >= 0.3 is 6.18 Å². The molecule has 3 aromatic rings. The van der Waals surface area contributed by atoms with Crippen LogP contribution in [-0.4, -0.2) is 9.55 Å². The van der Waals surface area contributed by atoms with Crippen molar-refractivity contribution < 1.29 is 17.6 Å². The van der Waals surface area contributed by atoms with Crippen LogP contribution in [0.15, 0.2) is 41.0 Å². The van der Waals surface area contributed by atoms with E-state index in [1.165, 1.54) is 6.07 Å². The molecule has 6 heteroatoms. The van der Waals surface area contributed by atoms with Gasteiger partial charge in [-0.15, -0.1) is 0 Å². The first-order valence-corrected chi connectivity index (χ1v) is 6.96. The van der Waals surface area contributed by atoms with Crippen molar-refractivity contribution in [3.05, 3.63) is 53.7 Å². The minimum Gasteiger partial charge on any atom is -0.467 e. The molecule has 0 aliphatic heterocycles. The molecular weight excluding hydrogens is 293 g/mol. The Kier molecular flexibility index (Phi) is 3.47. The molecule has 0 spiro atoms. The van der Waals surface area contributed by atoms with Crippen LogP contribution in [0, 0.1) is 0 Å². The van der Waals surface area contributed by atoms with Crippen molar-refractivity contribution in [2.75, 3.05) is 0 Å². The standard InChI is InChI=1S/C16H15F3N2O/c1-10(2)15-20-13-8-11(16(17,18)19)5-6-14(13)21(15)9-12-4-3-7-22-12/h3-8,10H,9H2,1-2H3. The average Bonchev–Trinajstić information content (AvgIpc) is 3.06. The first-order chi connectivity index (χ1) is 10.4. The van der Waals surface area contributed by atoms with E-state index in [1.807, 2.05) is 24.5 Å². The summed E-state index contributed by atoms with van der Waals surface area (Å²) in [6.07, 6.45) is -2.79. The predicted molar refractivity (Wildman–Crippen MR) is 76.6 cm³/mol. The maximum absolute atomic E-state index is 12.8. The van der Waals surface area contributed by atoms with Crippen molar-refractivity contribution in [1.29, 1.82) is 0 Å². The summed E-state index contributed by atoms with van der Waals surface area (Å²) >= 11 is 0. The van der Waals surface area contributed by atoms with Crippen LogP contribution in [0.5, 0.6) is 0 Å². The molecule has 0 atom stereocenters. The average molecular weight is 308 g/mol. The summed E-state index contributed by atoms with van der Waals surface area (Å²) in [6.45, 7) is 4.37. The Morgan fingerprint density at radius 1 is 1.23 bits per heavy atom. The van der Waals surface area contributed by atoms with Crippen LogP contribution in [0.3, 0.4) is 0 Å². The van der Waals surface area contributed by atoms with Crippen molar-refractivity contribution >= 4 is 11.0 Å². The van der Waals surface area contributed by atoms with Crippen LogP contribution < -0.4 is 0 Å². The summed E-state index contributed by atoms with van der Waals surface area (Å²) in [6, 6.07) is 7.28. The molecule has 0 radical (unpaired) electrons. The second-order valence-corrected chi connectivity index (χ2v) is 5.49. The number of furan rings is 1. The third-order valence-electron chi connectivity index (χ3n) is 3.52. The van der Waals surface area contributed by atoms with Crippen molar-refractivity contribution in [3.63, 3.8) is 0 Å². The number of hydrogen-bond acceptors (Lipinski definition) is 2. The Balaban J connectivity index is 2.14. The van der Waals surface area contributed by atoms with E-state index in [0.29, 0.717) is 17.6 Å². The van der Waals surface area contributed by atoms with E-state index < -0.39 is 11.7 Å². The number of imidazole rings is 1. The zero-order valence-corrected chi connectivity index (χ0v) is 12.2. The highest BCUT2D eigenvalue weighted by Gasteiger charge is 2.31. The van der Waals surface area contributed by atoms with Crippen molar-refractivity contribution in [1.82, 2.24) is 9.55 Å². The molecule has 2 aromatic heterocycles. The summed E-state index contributed by atoms with van der Waals surface area (Å²) < 4.78 is 45.8. The molecule has 0 N–H and O–H groups in total. The molecule has 0 bridgehead atoms. The van der Waals surface area contributed by atoms with Gasteiger partial charge in [-0.05, 0) is 30.3 Å².